The zero-order valence-electron chi connectivity index (χ0n) is 12.1. The van der Waals surface area contributed by atoms with E-state index in [1.807, 2.05) is 6.92 Å². The average Bonchev–Trinajstić information content (AvgIpc) is 2.80. The minimum absolute atomic E-state index is 0.00995. The van der Waals surface area contributed by atoms with Crippen LogP contribution >= 0.6 is 0 Å². The Morgan fingerprint density at radius 2 is 1.70 bits per heavy atom. The van der Waals surface area contributed by atoms with E-state index in [9.17, 15) is 13.2 Å². The third-order valence-electron chi connectivity index (χ3n) is 4.37. The van der Waals surface area contributed by atoms with Crippen LogP contribution in [0.25, 0.3) is 0 Å². The van der Waals surface area contributed by atoms with Crippen LogP contribution in [0.3, 0.4) is 0 Å². The Morgan fingerprint density at radius 3 is 2.20 bits per heavy atom. The van der Waals surface area contributed by atoms with Gasteiger partial charge in [0.05, 0.1) is 0 Å². The molecule has 1 aromatic carbocycles. The van der Waals surface area contributed by atoms with E-state index in [1.165, 1.54) is 0 Å². The SMILES string of the molecule is CCCNC(c1c(F)cc(F)cc1F)C1(C)CCCC1. The molecule has 1 fully saturated rings. The maximum Gasteiger partial charge on any atom is 0.133 e. The molecule has 1 N–H and O–H groups in total. The van der Waals surface area contributed by atoms with Crippen molar-refractivity contribution in [2.24, 2.45) is 5.41 Å². The monoisotopic (exact) mass is 285 g/mol. The molecule has 1 aliphatic rings. The van der Waals surface area contributed by atoms with Gasteiger partial charge >= 0.3 is 0 Å². The molecule has 1 unspecified atom stereocenters. The Morgan fingerprint density at radius 1 is 1.15 bits per heavy atom. The highest BCUT2D eigenvalue weighted by Gasteiger charge is 2.40. The third kappa shape index (κ3) is 3.00. The molecule has 0 amide bonds. The molecule has 1 saturated carbocycles. The van der Waals surface area contributed by atoms with Gasteiger partial charge in [-0.1, -0.05) is 26.7 Å². The van der Waals surface area contributed by atoms with Gasteiger partial charge in [-0.3, -0.25) is 0 Å². The summed E-state index contributed by atoms with van der Waals surface area (Å²) in [4.78, 5) is 0. The molecule has 0 bridgehead atoms. The molecule has 1 atom stereocenters. The van der Waals surface area contributed by atoms with Crippen LogP contribution < -0.4 is 5.32 Å². The van der Waals surface area contributed by atoms with Gasteiger partial charge in [-0.05, 0) is 31.2 Å². The van der Waals surface area contributed by atoms with Crippen molar-refractivity contribution in [1.82, 2.24) is 5.32 Å². The Bertz CT molecular complexity index is 444. The lowest BCUT2D eigenvalue weighted by molar-refractivity contribution is 0.213. The van der Waals surface area contributed by atoms with Crippen LogP contribution in [0.15, 0.2) is 12.1 Å². The number of halogens is 3. The van der Waals surface area contributed by atoms with Crippen molar-refractivity contribution in [1.29, 1.82) is 0 Å². The molecule has 0 spiro atoms. The van der Waals surface area contributed by atoms with Gasteiger partial charge in [0, 0.05) is 23.7 Å². The van der Waals surface area contributed by atoms with Gasteiger partial charge in [0.15, 0.2) is 0 Å². The van der Waals surface area contributed by atoms with Gasteiger partial charge in [0.1, 0.15) is 17.5 Å². The maximum atomic E-state index is 14.1. The van der Waals surface area contributed by atoms with Crippen LogP contribution in [0.2, 0.25) is 0 Å². The lowest BCUT2D eigenvalue weighted by Crippen LogP contribution is -2.36. The van der Waals surface area contributed by atoms with Gasteiger partial charge in [0.25, 0.3) is 0 Å². The summed E-state index contributed by atoms with van der Waals surface area (Å²) >= 11 is 0. The van der Waals surface area contributed by atoms with E-state index in [4.69, 9.17) is 0 Å². The molecule has 2 rings (SSSR count). The standard InChI is InChI=1S/C16H22F3N/c1-3-8-20-15(16(2)6-4-5-7-16)14-12(18)9-11(17)10-13(14)19/h9-10,15,20H,3-8H2,1-2H3. The normalized spacial score (nSPS) is 19.2. The first-order chi connectivity index (χ1) is 9.48. The zero-order valence-corrected chi connectivity index (χ0v) is 12.1. The zero-order chi connectivity index (χ0) is 14.8. The lowest BCUT2D eigenvalue weighted by Gasteiger charge is -2.35. The molecular weight excluding hydrogens is 263 g/mol. The summed E-state index contributed by atoms with van der Waals surface area (Å²) in [6, 6.07) is 1.15. The summed E-state index contributed by atoms with van der Waals surface area (Å²) < 4.78 is 41.3. The molecule has 0 heterocycles. The van der Waals surface area contributed by atoms with Crippen molar-refractivity contribution < 1.29 is 13.2 Å². The van der Waals surface area contributed by atoms with Gasteiger partial charge in [0.2, 0.25) is 0 Å². The van der Waals surface area contributed by atoms with Crippen LogP contribution in [0.4, 0.5) is 13.2 Å². The molecule has 4 heteroatoms. The molecule has 0 aliphatic heterocycles. The molecule has 1 nitrogen and oxygen atoms in total. The first kappa shape index (κ1) is 15.4. The quantitative estimate of drug-likeness (QED) is 0.825. The topological polar surface area (TPSA) is 12.0 Å². The van der Waals surface area contributed by atoms with Gasteiger partial charge < -0.3 is 5.32 Å². The number of hydrogen-bond donors (Lipinski definition) is 1. The van der Waals surface area contributed by atoms with Crippen molar-refractivity contribution in [3.8, 4) is 0 Å². The molecule has 1 aliphatic carbocycles. The number of benzene rings is 1. The van der Waals surface area contributed by atoms with E-state index in [2.05, 4.69) is 12.2 Å². The molecule has 1 aromatic rings. The Hall–Kier alpha value is -1.03. The number of nitrogens with one attached hydrogen (secondary N) is 1. The van der Waals surface area contributed by atoms with Crippen LogP contribution in [-0.4, -0.2) is 6.54 Å². The fourth-order valence-corrected chi connectivity index (χ4v) is 3.29. The Balaban J connectivity index is 2.41. The predicted molar refractivity (Wildman–Crippen MR) is 73.9 cm³/mol. The lowest BCUT2D eigenvalue weighted by atomic mass is 9.76. The molecule has 0 saturated heterocycles. The highest BCUT2D eigenvalue weighted by atomic mass is 19.1. The molecule has 20 heavy (non-hydrogen) atoms. The highest BCUT2D eigenvalue weighted by molar-refractivity contribution is 5.26. The van der Waals surface area contributed by atoms with E-state index < -0.39 is 23.5 Å². The summed E-state index contributed by atoms with van der Waals surface area (Å²) in [5, 5.41) is 3.27. The van der Waals surface area contributed by atoms with E-state index in [0.717, 1.165) is 44.2 Å². The van der Waals surface area contributed by atoms with E-state index in [1.54, 1.807) is 0 Å². The van der Waals surface area contributed by atoms with Crippen LogP contribution in [0, 0.1) is 22.9 Å². The second kappa shape index (κ2) is 6.17. The fourth-order valence-electron chi connectivity index (χ4n) is 3.29. The van der Waals surface area contributed by atoms with E-state index in [0.29, 0.717) is 6.54 Å². The van der Waals surface area contributed by atoms with Crippen LogP contribution in [0.5, 0.6) is 0 Å². The van der Waals surface area contributed by atoms with E-state index in [-0.39, 0.29) is 11.0 Å². The molecule has 0 radical (unpaired) electrons. The summed E-state index contributed by atoms with van der Waals surface area (Å²) in [5.74, 6) is -2.44. The second-order valence-electron chi connectivity index (χ2n) is 6.03. The highest BCUT2D eigenvalue weighted by Crippen LogP contribution is 2.48. The summed E-state index contributed by atoms with van der Waals surface area (Å²) in [6.45, 7) is 4.77. The predicted octanol–water partition coefficient (Wildman–Crippen LogP) is 4.72. The van der Waals surface area contributed by atoms with Crippen molar-refractivity contribution in [3.05, 3.63) is 35.1 Å². The van der Waals surface area contributed by atoms with Crippen LogP contribution in [0.1, 0.15) is 57.6 Å². The Kier molecular flexibility index (Phi) is 4.74. The second-order valence-corrected chi connectivity index (χ2v) is 6.03. The fraction of sp³-hybridized carbons (Fsp3) is 0.625. The van der Waals surface area contributed by atoms with Crippen molar-refractivity contribution in [3.63, 3.8) is 0 Å². The first-order valence-corrected chi connectivity index (χ1v) is 7.36. The summed E-state index contributed by atoms with van der Waals surface area (Å²) in [7, 11) is 0. The third-order valence-corrected chi connectivity index (χ3v) is 4.37. The number of rotatable bonds is 5. The summed E-state index contributed by atoms with van der Waals surface area (Å²) in [5.41, 5.74) is -0.182. The maximum absolute atomic E-state index is 14.1. The van der Waals surface area contributed by atoms with Crippen LogP contribution in [-0.2, 0) is 0 Å². The Labute approximate surface area is 118 Å². The molecular formula is C16H22F3N. The molecule has 112 valence electrons. The van der Waals surface area contributed by atoms with E-state index >= 15 is 0 Å². The number of hydrogen-bond acceptors (Lipinski definition) is 1. The van der Waals surface area contributed by atoms with Gasteiger partial charge in [-0.15, -0.1) is 0 Å². The first-order valence-electron chi connectivity index (χ1n) is 7.36. The minimum atomic E-state index is -0.866. The average molecular weight is 285 g/mol. The van der Waals surface area contributed by atoms with Gasteiger partial charge in [-0.25, -0.2) is 13.2 Å². The molecule has 0 aromatic heterocycles. The largest absolute Gasteiger partial charge is 0.309 e. The minimum Gasteiger partial charge on any atom is -0.309 e. The van der Waals surface area contributed by atoms with Gasteiger partial charge in [-0.2, -0.15) is 0 Å². The van der Waals surface area contributed by atoms with Crippen molar-refractivity contribution in [2.45, 2.75) is 52.0 Å². The smallest absolute Gasteiger partial charge is 0.133 e. The van der Waals surface area contributed by atoms with Crippen molar-refractivity contribution >= 4 is 0 Å². The van der Waals surface area contributed by atoms with Crippen molar-refractivity contribution in [2.75, 3.05) is 6.54 Å². The summed E-state index contributed by atoms with van der Waals surface area (Å²) in [6.07, 6.45) is 4.91.